The Bertz CT molecular complexity index is 622. The van der Waals surface area contributed by atoms with E-state index in [4.69, 9.17) is 17.3 Å². The van der Waals surface area contributed by atoms with Crippen molar-refractivity contribution in [2.75, 3.05) is 0 Å². The average Bonchev–Trinajstić information content (AvgIpc) is 2.36. The first kappa shape index (κ1) is 14.0. The zero-order valence-electron chi connectivity index (χ0n) is 11.3. The highest BCUT2D eigenvalue weighted by molar-refractivity contribution is 6.31. The maximum atomic E-state index is 13.4. The van der Waals surface area contributed by atoms with Crippen LogP contribution in [-0.2, 0) is 0 Å². The molecule has 0 aromatic heterocycles. The first-order valence-corrected chi connectivity index (χ1v) is 6.56. The number of hydrogen-bond acceptors (Lipinski definition) is 1. The molecule has 0 aliphatic heterocycles. The summed E-state index contributed by atoms with van der Waals surface area (Å²) in [6.07, 6.45) is 0. The number of nitrogens with two attached hydrogens (primary N) is 1. The van der Waals surface area contributed by atoms with Crippen LogP contribution < -0.4 is 5.73 Å². The molecule has 1 atom stereocenters. The van der Waals surface area contributed by atoms with E-state index in [-0.39, 0.29) is 11.9 Å². The van der Waals surface area contributed by atoms with Gasteiger partial charge in [-0.1, -0.05) is 29.8 Å². The van der Waals surface area contributed by atoms with Crippen LogP contribution in [0.5, 0.6) is 0 Å². The van der Waals surface area contributed by atoms with Crippen molar-refractivity contribution in [1.29, 1.82) is 0 Å². The SMILES string of the molecule is Cc1ccc(C(N)c2cc(C)c(F)cc2Cl)cc1C. The first-order valence-electron chi connectivity index (χ1n) is 6.18. The van der Waals surface area contributed by atoms with Crippen molar-refractivity contribution in [2.24, 2.45) is 5.73 Å². The van der Waals surface area contributed by atoms with E-state index in [9.17, 15) is 4.39 Å². The van der Waals surface area contributed by atoms with Gasteiger partial charge in [-0.25, -0.2) is 4.39 Å². The molecular weight excluding hydrogens is 261 g/mol. The standard InChI is InChI=1S/C16H17ClFN/c1-9-4-5-12(6-10(9)2)16(19)13-7-11(3)15(18)8-14(13)17/h4-8,16H,19H2,1-3H3. The molecular formula is C16H17ClFN. The summed E-state index contributed by atoms with van der Waals surface area (Å²) in [4.78, 5) is 0. The van der Waals surface area contributed by atoms with Crippen LogP contribution in [0.1, 0.15) is 33.9 Å². The van der Waals surface area contributed by atoms with Crippen LogP contribution in [0.15, 0.2) is 30.3 Å². The molecule has 0 spiro atoms. The Labute approximate surface area is 118 Å². The lowest BCUT2D eigenvalue weighted by Crippen LogP contribution is -2.13. The first-order chi connectivity index (χ1) is 8.90. The second-order valence-corrected chi connectivity index (χ2v) is 5.35. The highest BCUT2D eigenvalue weighted by Gasteiger charge is 2.15. The fourth-order valence-corrected chi connectivity index (χ4v) is 2.32. The molecule has 2 aromatic carbocycles. The van der Waals surface area contributed by atoms with Crippen LogP contribution >= 0.6 is 11.6 Å². The Morgan fingerprint density at radius 1 is 1.00 bits per heavy atom. The fraction of sp³-hybridized carbons (Fsp3) is 0.250. The topological polar surface area (TPSA) is 26.0 Å². The molecule has 0 amide bonds. The Hall–Kier alpha value is -1.38. The molecule has 0 saturated carbocycles. The fourth-order valence-electron chi connectivity index (χ4n) is 2.06. The summed E-state index contributed by atoms with van der Waals surface area (Å²) in [5.74, 6) is -0.305. The monoisotopic (exact) mass is 277 g/mol. The second-order valence-electron chi connectivity index (χ2n) is 4.94. The molecule has 0 bridgehead atoms. The van der Waals surface area contributed by atoms with Crippen molar-refractivity contribution < 1.29 is 4.39 Å². The Balaban J connectivity index is 2.46. The van der Waals surface area contributed by atoms with E-state index in [1.165, 1.54) is 17.2 Å². The number of halogens is 2. The lowest BCUT2D eigenvalue weighted by molar-refractivity contribution is 0.617. The van der Waals surface area contributed by atoms with Gasteiger partial charge in [-0.05, 0) is 60.7 Å². The predicted octanol–water partition coefficient (Wildman–Crippen LogP) is 4.45. The minimum Gasteiger partial charge on any atom is -0.320 e. The number of hydrogen-bond donors (Lipinski definition) is 1. The van der Waals surface area contributed by atoms with Gasteiger partial charge in [0.05, 0.1) is 6.04 Å². The van der Waals surface area contributed by atoms with Crippen LogP contribution in [0.25, 0.3) is 0 Å². The van der Waals surface area contributed by atoms with Crippen molar-refractivity contribution in [1.82, 2.24) is 0 Å². The molecule has 2 rings (SSSR count). The van der Waals surface area contributed by atoms with Gasteiger partial charge in [0.15, 0.2) is 0 Å². The van der Waals surface area contributed by atoms with E-state index in [0.29, 0.717) is 10.6 Å². The van der Waals surface area contributed by atoms with E-state index in [1.807, 2.05) is 19.1 Å². The van der Waals surface area contributed by atoms with Gasteiger partial charge in [-0.2, -0.15) is 0 Å². The lowest BCUT2D eigenvalue weighted by atomic mass is 9.95. The van der Waals surface area contributed by atoms with Gasteiger partial charge in [0.1, 0.15) is 5.82 Å². The highest BCUT2D eigenvalue weighted by atomic mass is 35.5. The van der Waals surface area contributed by atoms with Crippen molar-refractivity contribution in [3.8, 4) is 0 Å². The summed E-state index contributed by atoms with van der Waals surface area (Å²) in [6.45, 7) is 5.81. The van der Waals surface area contributed by atoms with Crippen molar-refractivity contribution in [3.05, 3.63) is 69.0 Å². The zero-order chi connectivity index (χ0) is 14.2. The number of rotatable bonds is 2. The van der Waals surface area contributed by atoms with Crippen LogP contribution in [0.2, 0.25) is 5.02 Å². The van der Waals surface area contributed by atoms with Gasteiger partial charge in [-0.15, -0.1) is 0 Å². The van der Waals surface area contributed by atoms with E-state index in [1.54, 1.807) is 13.0 Å². The van der Waals surface area contributed by atoms with Crippen LogP contribution in [0.4, 0.5) is 4.39 Å². The molecule has 0 aliphatic rings. The molecule has 3 heteroatoms. The minimum atomic E-state index is -0.342. The molecule has 1 nitrogen and oxygen atoms in total. The Morgan fingerprint density at radius 2 is 1.68 bits per heavy atom. The summed E-state index contributed by atoms with van der Waals surface area (Å²) < 4.78 is 13.4. The molecule has 0 fully saturated rings. The third kappa shape index (κ3) is 2.80. The van der Waals surface area contributed by atoms with Gasteiger partial charge in [0, 0.05) is 5.02 Å². The maximum Gasteiger partial charge on any atom is 0.127 e. The quantitative estimate of drug-likeness (QED) is 0.862. The van der Waals surface area contributed by atoms with Crippen LogP contribution in [0.3, 0.4) is 0 Å². The van der Waals surface area contributed by atoms with Crippen LogP contribution in [0, 0.1) is 26.6 Å². The summed E-state index contributed by atoms with van der Waals surface area (Å²) in [7, 11) is 0. The van der Waals surface area contributed by atoms with Gasteiger partial charge in [-0.3, -0.25) is 0 Å². The van der Waals surface area contributed by atoms with Crippen molar-refractivity contribution in [3.63, 3.8) is 0 Å². The predicted molar refractivity (Wildman–Crippen MR) is 78.1 cm³/mol. The largest absolute Gasteiger partial charge is 0.320 e. The molecule has 0 radical (unpaired) electrons. The molecule has 100 valence electrons. The molecule has 0 aliphatic carbocycles. The van der Waals surface area contributed by atoms with E-state index < -0.39 is 0 Å². The highest BCUT2D eigenvalue weighted by Crippen LogP contribution is 2.29. The second kappa shape index (κ2) is 5.32. The minimum absolute atomic E-state index is 0.305. The van der Waals surface area contributed by atoms with Crippen molar-refractivity contribution >= 4 is 11.6 Å². The molecule has 1 unspecified atom stereocenters. The van der Waals surface area contributed by atoms with Gasteiger partial charge in [0.2, 0.25) is 0 Å². The van der Waals surface area contributed by atoms with E-state index in [2.05, 4.69) is 13.0 Å². The molecule has 0 saturated heterocycles. The third-order valence-electron chi connectivity index (χ3n) is 3.50. The summed E-state index contributed by atoms with van der Waals surface area (Å²) >= 11 is 6.10. The van der Waals surface area contributed by atoms with Crippen molar-refractivity contribution in [2.45, 2.75) is 26.8 Å². The number of benzene rings is 2. The Kier molecular flexibility index (Phi) is 3.93. The van der Waals surface area contributed by atoms with Crippen LogP contribution in [-0.4, -0.2) is 0 Å². The third-order valence-corrected chi connectivity index (χ3v) is 3.83. The van der Waals surface area contributed by atoms with Gasteiger partial charge < -0.3 is 5.73 Å². The molecule has 2 N–H and O–H groups in total. The average molecular weight is 278 g/mol. The Morgan fingerprint density at radius 3 is 2.32 bits per heavy atom. The smallest absolute Gasteiger partial charge is 0.127 e. The van der Waals surface area contributed by atoms with E-state index >= 15 is 0 Å². The summed E-state index contributed by atoms with van der Waals surface area (Å²) in [5, 5.41) is 0.369. The summed E-state index contributed by atoms with van der Waals surface area (Å²) in [6, 6.07) is 8.78. The summed E-state index contributed by atoms with van der Waals surface area (Å²) in [5.41, 5.74) is 10.9. The number of aryl methyl sites for hydroxylation is 3. The molecule has 0 heterocycles. The zero-order valence-corrected chi connectivity index (χ0v) is 12.1. The van der Waals surface area contributed by atoms with E-state index in [0.717, 1.165) is 11.1 Å². The maximum absolute atomic E-state index is 13.4. The van der Waals surface area contributed by atoms with Gasteiger partial charge >= 0.3 is 0 Å². The lowest BCUT2D eigenvalue weighted by Gasteiger charge is -2.16. The normalized spacial score (nSPS) is 12.5. The molecule has 19 heavy (non-hydrogen) atoms. The van der Waals surface area contributed by atoms with Gasteiger partial charge in [0.25, 0.3) is 0 Å². The molecule has 2 aromatic rings.